The van der Waals surface area contributed by atoms with E-state index in [9.17, 15) is 13.2 Å². The van der Waals surface area contributed by atoms with E-state index in [1.807, 2.05) is 0 Å². The van der Waals surface area contributed by atoms with E-state index in [0.717, 1.165) is 5.69 Å². The molecule has 1 aliphatic heterocycles. The molecule has 1 amide bonds. The number of nitrogens with one attached hydrogen (secondary N) is 1. The fourth-order valence-electron chi connectivity index (χ4n) is 2.72. The molecule has 9 heteroatoms. The van der Waals surface area contributed by atoms with Crippen LogP contribution in [0.5, 0.6) is 5.88 Å². The standard InChI is InChI=1S/C15H18N4O4S/c1-10-3-4-12(15(17-10)23-2)14(20)18-13-5-7-16-19(13)11-6-8-24(21,22)9-11/h3-5,7,11H,6,8-9H2,1-2H3,(H,18,20). The van der Waals surface area contributed by atoms with Crippen LogP contribution in [0.2, 0.25) is 0 Å². The first-order valence-corrected chi connectivity index (χ1v) is 9.28. The van der Waals surface area contributed by atoms with Crippen molar-refractivity contribution in [2.24, 2.45) is 0 Å². The van der Waals surface area contributed by atoms with Crippen LogP contribution in [-0.2, 0) is 9.84 Å². The van der Waals surface area contributed by atoms with Crippen LogP contribution in [-0.4, -0.2) is 47.7 Å². The molecule has 0 aromatic carbocycles. The van der Waals surface area contributed by atoms with Gasteiger partial charge in [-0.15, -0.1) is 0 Å². The molecule has 1 atom stereocenters. The van der Waals surface area contributed by atoms with Gasteiger partial charge in [0.1, 0.15) is 11.4 Å². The largest absolute Gasteiger partial charge is 0.480 e. The maximum absolute atomic E-state index is 12.5. The summed E-state index contributed by atoms with van der Waals surface area (Å²) in [6.45, 7) is 1.81. The summed E-state index contributed by atoms with van der Waals surface area (Å²) in [5.74, 6) is 0.474. The molecule has 3 heterocycles. The molecule has 3 rings (SSSR count). The Kier molecular flexibility index (Phi) is 4.27. The van der Waals surface area contributed by atoms with Crippen LogP contribution in [0.3, 0.4) is 0 Å². The predicted octanol–water partition coefficient (Wildman–Crippen LogP) is 1.21. The van der Waals surface area contributed by atoms with Gasteiger partial charge < -0.3 is 10.1 Å². The van der Waals surface area contributed by atoms with Gasteiger partial charge in [-0.2, -0.15) is 5.10 Å². The minimum Gasteiger partial charge on any atom is -0.480 e. The molecular weight excluding hydrogens is 332 g/mol. The number of amides is 1. The fourth-order valence-corrected chi connectivity index (χ4v) is 4.41. The van der Waals surface area contributed by atoms with Gasteiger partial charge in [0.2, 0.25) is 5.88 Å². The topological polar surface area (TPSA) is 103 Å². The molecule has 0 aliphatic carbocycles. The van der Waals surface area contributed by atoms with Crippen molar-refractivity contribution in [1.82, 2.24) is 14.8 Å². The molecule has 1 unspecified atom stereocenters. The number of pyridine rings is 1. The van der Waals surface area contributed by atoms with E-state index in [0.29, 0.717) is 17.8 Å². The van der Waals surface area contributed by atoms with Crippen LogP contribution < -0.4 is 10.1 Å². The molecule has 8 nitrogen and oxygen atoms in total. The highest BCUT2D eigenvalue weighted by molar-refractivity contribution is 7.91. The number of rotatable bonds is 4. The second-order valence-electron chi connectivity index (χ2n) is 5.68. The number of hydrogen-bond donors (Lipinski definition) is 1. The van der Waals surface area contributed by atoms with E-state index >= 15 is 0 Å². The summed E-state index contributed by atoms with van der Waals surface area (Å²) in [6.07, 6.45) is 2.02. The van der Waals surface area contributed by atoms with Gasteiger partial charge in [-0.05, 0) is 25.5 Å². The number of hydrogen-bond acceptors (Lipinski definition) is 6. The van der Waals surface area contributed by atoms with E-state index in [-0.39, 0.29) is 29.3 Å². The summed E-state index contributed by atoms with van der Waals surface area (Å²) < 4.78 is 30.0. The molecule has 0 saturated carbocycles. The number of ether oxygens (including phenoxy) is 1. The zero-order valence-electron chi connectivity index (χ0n) is 13.4. The van der Waals surface area contributed by atoms with E-state index in [1.165, 1.54) is 13.3 Å². The zero-order valence-corrected chi connectivity index (χ0v) is 14.2. The fraction of sp³-hybridized carbons (Fsp3) is 0.400. The van der Waals surface area contributed by atoms with Crippen LogP contribution >= 0.6 is 0 Å². The monoisotopic (exact) mass is 350 g/mol. The maximum Gasteiger partial charge on any atom is 0.262 e. The lowest BCUT2D eigenvalue weighted by molar-refractivity contribution is 0.102. The summed E-state index contributed by atoms with van der Waals surface area (Å²) in [4.78, 5) is 16.7. The maximum atomic E-state index is 12.5. The first-order chi connectivity index (χ1) is 11.4. The Balaban J connectivity index is 1.83. The highest BCUT2D eigenvalue weighted by Gasteiger charge is 2.31. The van der Waals surface area contributed by atoms with Crippen molar-refractivity contribution in [3.8, 4) is 5.88 Å². The second kappa shape index (κ2) is 6.23. The summed E-state index contributed by atoms with van der Waals surface area (Å²) in [5.41, 5.74) is 1.04. The summed E-state index contributed by atoms with van der Waals surface area (Å²) in [5, 5.41) is 6.91. The van der Waals surface area contributed by atoms with Gasteiger partial charge >= 0.3 is 0 Å². The summed E-state index contributed by atoms with van der Waals surface area (Å²) in [6, 6.07) is 4.73. The average Bonchev–Trinajstić information content (AvgIpc) is 3.12. The number of carbonyl (C=O) groups excluding carboxylic acids is 1. The first kappa shape index (κ1) is 16.4. The lowest BCUT2D eigenvalue weighted by atomic mass is 10.2. The van der Waals surface area contributed by atoms with Crippen LogP contribution in [0.4, 0.5) is 5.82 Å². The quantitative estimate of drug-likeness (QED) is 0.889. The molecule has 0 spiro atoms. The smallest absolute Gasteiger partial charge is 0.262 e. The van der Waals surface area contributed by atoms with Gasteiger partial charge in [0.25, 0.3) is 5.91 Å². The molecule has 1 saturated heterocycles. The number of anilines is 1. The second-order valence-corrected chi connectivity index (χ2v) is 7.91. The van der Waals surface area contributed by atoms with Gasteiger partial charge in [-0.25, -0.2) is 18.1 Å². The predicted molar refractivity (Wildman–Crippen MR) is 88.0 cm³/mol. The molecule has 0 bridgehead atoms. The Morgan fingerprint density at radius 2 is 2.17 bits per heavy atom. The SMILES string of the molecule is COc1nc(C)ccc1C(=O)Nc1ccnn1C1CCS(=O)(=O)C1. The van der Waals surface area contributed by atoms with E-state index in [1.54, 1.807) is 29.8 Å². The van der Waals surface area contributed by atoms with Crippen molar-refractivity contribution in [2.45, 2.75) is 19.4 Å². The lowest BCUT2D eigenvalue weighted by Gasteiger charge is -2.14. The molecule has 24 heavy (non-hydrogen) atoms. The first-order valence-electron chi connectivity index (χ1n) is 7.46. The van der Waals surface area contributed by atoms with Crippen molar-refractivity contribution >= 4 is 21.6 Å². The number of sulfone groups is 1. The molecule has 1 aliphatic rings. The molecule has 128 valence electrons. The number of aromatic nitrogens is 3. The number of methoxy groups -OCH3 is 1. The number of carbonyl (C=O) groups is 1. The highest BCUT2D eigenvalue weighted by Crippen LogP contribution is 2.26. The van der Waals surface area contributed by atoms with Gasteiger partial charge in [0, 0.05) is 11.8 Å². The Morgan fingerprint density at radius 1 is 1.38 bits per heavy atom. The van der Waals surface area contributed by atoms with E-state index in [4.69, 9.17) is 4.74 Å². The van der Waals surface area contributed by atoms with Crippen LogP contribution in [0.15, 0.2) is 24.4 Å². The Hall–Kier alpha value is -2.42. The molecule has 2 aromatic heterocycles. The minimum atomic E-state index is -3.04. The third-order valence-electron chi connectivity index (χ3n) is 3.90. The normalized spacial score (nSPS) is 19.2. The summed E-state index contributed by atoms with van der Waals surface area (Å²) in [7, 11) is -1.59. The van der Waals surface area contributed by atoms with Crippen LogP contribution in [0, 0.1) is 6.92 Å². The van der Waals surface area contributed by atoms with Crippen LogP contribution in [0.25, 0.3) is 0 Å². The Morgan fingerprint density at radius 3 is 2.83 bits per heavy atom. The molecule has 1 N–H and O–H groups in total. The van der Waals surface area contributed by atoms with E-state index < -0.39 is 9.84 Å². The van der Waals surface area contributed by atoms with Crippen molar-refractivity contribution < 1.29 is 17.9 Å². The third-order valence-corrected chi connectivity index (χ3v) is 5.65. The molecular formula is C15H18N4O4S. The van der Waals surface area contributed by atoms with Gasteiger partial charge in [0.05, 0.1) is 30.9 Å². The third kappa shape index (κ3) is 3.25. The highest BCUT2D eigenvalue weighted by atomic mass is 32.2. The summed E-state index contributed by atoms with van der Waals surface area (Å²) >= 11 is 0. The number of aryl methyl sites for hydroxylation is 1. The van der Waals surface area contributed by atoms with E-state index in [2.05, 4.69) is 15.4 Å². The Bertz CT molecular complexity index is 875. The zero-order chi connectivity index (χ0) is 17.3. The van der Waals surface area contributed by atoms with Crippen molar-refractivity contribution in [3.05, 3.63) is 35.7 Å². The van der Waals surface area contributed by atoms with Gasteiger partial charge in [0.15, 0.2) is 9.84 Å². The van der Waals surface area contributed by atoms with Gasteiger partial charge in [-0.3, -0.25) is 4.79 Å². The molecule has 0 radical (unpaired) electrons. The average molecular weight is 350 g/mol. The lowest BCUT2D eigenvalue weighted by Crippen LogP contribution is -2.20. The molecule has 1 fully saturated rings. The molecule has 2 aromatic rings. The van der Waals surface area contributed by atoms with Crippen molar-refractivity contribution in [3.63, 3.8) is 0 Å². The van der Waals surface area contributed by atoms with Gasteiger partial charge in [-0.1, -0.05) is 0 Å². The van der Waals surface area contributed by atoms with Crippen molar-refractivity contribution in [1.29, 1.82) is 0 Å². The van der Waals surface area contributed by atoms with Crippen LogP contribution in [0.1, 0.15) is 28.5 Å². The van der Waals surface area contributed by atoms with Crippen molar-refractivity contribution in [2.75, 3.05) is 23.9 Å². The minimum absolute atomic E-state index is 0.0347. The Labute approximate surface area is 139 Å². The number of nitrogens with zero attached hydrogens (tertiary/aromatic N) is 3.